The number of hydrogen-bond acceptors (Lipinski definition) is 3. The molecule has 1 aromatic rings. The molecule has 1 aromatic carbocycles. The molecule has 102 valence electrons. The standard InChI is InChI=1S/C16H21NO2/c1-3-19-16(18)15-10-9-14(11-12-17(15)2)13-7-5-4-6-8-13/h4-9,15H,3,10-12H2,1-2H3. The zero-order chi connectivity index (χ0) is 13.7. The average Bonchev–Trinajstić information content (AvgIpc) is 2.62. The third-order valence-electron chi connectivity index (χ3n) is 3.56. The van der Waals surface area contributed by atoms with Gasteiger partial charge >= 0.3 is 5.97 Å². The summed E-state index contributed by atoms with van der Waals surface area (Å²) in [5.41, 5.74) is 2.57. The minimum Gasteiger partial charge on any atom is -0.465 e. The molecular formula is C16H21NO2. The molecule has 0 bridgehead atoms. The Hall–Kier alpha value is -1.61. The number of nitrogens with zero attached hydrogens (tertiary/aromatic N) is 1. The summed E-state index contributed by atoms with van der Waals surface area (Å²) < 4.78 is 5.14. The molecule has 19 heavy (non-hydrogen) atoms. The Balaban J connectivity index is 2.13. The quantitative estimate of drug-likeness (QED) is 0.782. The zero-order valence-electron chi connectivity index (χ0n) is 11.6. The molecule has 2 rings (SSSR count). The second-order valence-corrected chi connectivity index (χ2v) is 4.83. The summed E-state index contributed by atoms with van der Waals surface area (Å²) in [6, 6.07) is 10.2. The predicted octanol–water partition coefficient (Wildman–Crippen LogP) is 2.73. The third-order valence-corrected chi connectivity index (χ3v) is 3.56. The second-order valence-electron chi connectivity index (χ2n) is 4.83. The molecule has 0 spiro atoms. The Kier molecular flexibility index (Phi) is 4.74. The van der Waals surface area contributed by atoms with Crippen LogP contribution >= 0.6 is 0 Å². The Morgan fingerprint density at radius 3 is 2.79 bits per heavy atom. The van der Waals surface area contributed by atoms with Crippen LogP contribution in [0.4, 0.5) is 0 Å². The minimum atomic E-state index is -0.152. The third kappa shape index (κ3) is 3.44. The molecule has 1 unspecified atom stereocenters. The van der Waals surface area contributed by atoms with Crippen LogP contribution in [0.3, 0.4) is 0 Å². The van der Waals surface area contributed by atoms with Crippen molar-refractivity contribution in [2.24, 2.45) is 0 Å². The Bertz CT molecular complexity index is 453. The summed E-state index contributed by atoms with van der Waals surface area (Å²) in [5.74, 6) is -0.115. The number of rotatable bonds is 3. The van der Waals surface area contributed by atoms with Crippen LogP contribution in [0.15, 0.2) is 36.4 Å². The van der Waals surface area contributed by atoms with Crippen molar-refractivity contribution in [3.8, 4) is 0 Å². The van der Waals surface area contributed by atoms with Crippen molar-refractivity contribution in [1.29, 1.82) is 0 Å². The first kappa shape index (κ1) is 13.8. The molecule has 3 nitrogen and oxygen atoms in total. The first-order valence-electron chi connectivity index (χ1n) is 6.83. The van der Waals surface area contributed by atoms with Crippen LogP contribution < -0.4 is 0 Å². The average molecular weight is 259 g/mol. The van der Waals surface area contributed by atoms with Crippen LogP contribution in [0.25, 0.3) is 5.57 Å². The molecule has 0 aromatic heterocycles. The zero-order valence-corrected chi connectivity index (χ0v) is 11.6. The van der Waals surface area contributed by atoms with Gasteiger partial charge in [-0.3, -0.25) is 9.69 Å². The van der Waals surface area contributed by atoms with Crippen molar-refractivity contribution in [2.45, 2.75) is 25.8 Å². The fraction of sp³-hybridized carbons (Fsp3) is 0.438. The number of carbonyl (C=O) groups excluding carboxylic acids is 1. The van der Waals surface area contributed by atoms with Gasteiger partial charge in [-0.2, -0.15) is 0 Å². The van der Waals surface area contributed by atoms with Gasteiger partial charge in [-0.1, -0.05) is 36.4 Å². The Morgan fingerprint density at radius 1 is 1.37 bits per heavy atom. The molecule has 0 N–H and O–H groups in total. The first-order valence-corrected chi connectivity index (χ1v) is 6.83. The maximum absolute atomic E-state index is 11.9. The van der Waals surface area contributed by atoms with Gasteiger partial charge in [-0.25, -0.2) is 0 Å². The summed E-state index contributed by atoms with van der Waals surface area (Å²) >= 11 is 0. The highest BCUT2D eigenvalue weighted by molar-refractivity contribution is 5.77. The van der Waals surface area contributed by atoms with Crippen molar-refractivity contribution in [3.05, 3.63) is 42.0 Å². The summed E-state index contributed by atoms with van der Waals surface area (Å²) in [6.07, 6.45) is 3.87. The monoisotopic (exact) mass is 259 g/mol. The van der Waals surface area contributed by atoms with E-state index in [1.807, 2.05) is 32.2 Å². The van der Waals surface area contributed by atoms with Gasteiger partial charge in [0.15, 0.2) is 0 Å². The number of likely N-dealkylation sites (N-methyl/N-ethyl adjacent to an activating group) is 1. The van der Waals surface area contributed by atoms with Crippen LogP contribution in [0.1, 0.15) is 25.3 Å². The molecule has 3 heteroatoms. The van der Waals surface area contributed by atoms with E-state index in [2.05, 4.69) is 23.1 Å². The van der Waals surface area contributed by atoms with Crippen LogP contribution in [0, 0.1) is 0 Å². The maximum Gasteiger partial charge on any atom is 0.323 e. The topological polar surface area (TPSA) is 29.5 Å². The van der Waals surface area contributed by atoms with E-state index in [1.54, 1.807) is 0 Å². The molecule has 0 radical (unpaired) electrons. The molecule has 0 aliphatic carbocycles. The van der Waals surface area contributed by atoms with Crippen LogP contribution in [0.2, 0.25) is 0 Å². The number of hydrogen-bond donors (Lipinski definition) is 0. The van der Waals surface area contributed by atoms with Gasteiger partial charge in [-0.05, 0) is 37.9 Å². The molecule has 1 atom stereocenters. The van der Waals surface area contributed by atoms with Crippen molar-refractivity contribution in [3.63, 3.8) is 0 Å². The van der Waals surface area contributed by atoms with E-state index in [0.29, 0.717) is 6.61 Å². The van der Waals surface area contributed by atoms with Gasteiger partial charge in [0.25, 0.3) is 0 Å². The van der Waals surface area contributed by atoms with E-state index >= 15 is 0 Å². The van der Waals surface area contributed by atoms with Crippen LogP contribution in [0.5, 0.6) is 0 Å². The Morgan fingerprint density at radius 2 is 2.11 bits per heavy atom. The molecular weight excluding hydrogens is 238 g/mol. The molecule has 1 aliphatic heterocycles. The highest BCUT2D eigenvalue weighted by Crippen LogP contribution is 2.24. The van der Waals surface area contributed by atoms with E-state index < -0.39 is 0 Å². The molecule has 0 amide bonds. The van der Waals surface area contributed by atoms with Crippen molar-refractivity contribution >= 4 is 11.5 Å². The summed E-state index contributed by atoms with van der Waals surface area (Å²) in [7, 11) is 1.99. The predicted molar refractivity (Wildman–Crippen MR) is 76.7 cm³/mol. The van der Waals surface area contributed by atoms with Gasteiger partial charge in [0, 0.05) is 6.54 Å². The summed E-state index contributed by atoms with van der Waals surface area (Å²) in [5, 5.41) is 0. The van der Waals surface area contributed by atoms with E-state index in [-0.39, 0.29) is 12.0 Å². The van der Waals surface area contributed by atoms with E-state index in [1.165, 1.54) is 11.1 Å². The van der Waals surface area contributed by atoms with Crippen LogP contribution in [-0.2, 0) is 9.53 Å². The molecule has 1 aliphatic rings. The van der Waals surface area contributed by atoms with Gasteiger partial charge in [-0.15, -0.1) is 0 Å². The van der Waals surface area contributed by atoms with Gasteiger partial charge < -0.3 is 4.74 Å². The maximum atomic E-state index is 11.9. The van der Waals surface area contributed by atoms with E-state index in [4.69, 9.17) is 4.74 Å². The number of carbonyl (C=O) groups is 1. The SMILES string of the molecule is CCOC(=O)C1CC=C(c2ccccc2)CCN1C. The lowest BCUT2D eigenvalue weighted by Gasteiger charge is -2.23. The fourth-order valence-electron chi connectivity index (χ4n) is 2.42. The lowest BCUT2D eigenvalue weighted by atomic mass is 10.0. The Labute approximate surface area is 114 Å². The van der Waals surface area contributed by atoms with Gasteiger partial charge in [0.1, 0.15) is 6.04 Å². The highest BCUT2D eigenvalue weighted by atomic mass is 16.5. The minimum absolute atomic E-state index is 0.115. The fourth-order valence-corrected chi connectivity index (χ4v) is 2.42. The van der Waals surface area contributed by atoms with Crippen molar-refractivity contribution < 1.29 is 9.53 Å². The second kappa shape index (κ2) is 6.53. The van der Waals surface area contributed by atoms with Crippen LogP contribution in [-0.4, -0.2) is 37.1 Å². The molecule has 0 saturated carbocycles. The number of ether oxygens (including phenoxy) is 1. The number of esters is 1. The van der Waals surface area contributed by atoms with E-state index in [0.717, 1.165) is 19.4 Å². The lowest BCUT2D eigenvalue weighted by Crippen LogP contribution is -2.39. The molecule has 0 fully saturated rings. The molecule has 0 saturated heterocycles. The number of benzene rings is 1. The van der Waals surface area contributed by atoms with Crippen molar-refractivity contribution in [2.75, 3.05) is 20.2 Å². The highest BCUT2D eigenvalue weighted by Gasteiger charge is 2.25. The lowest BCUT2D eigenvalue weighted by molar-refractivity contribution is -0.148. The normalized spacial score (nSPS) is 20.5. The largest absolute Gasteiger partial charge is 0.465 e. The summed E-state index contributed by atoms with van der Waals surface area (Å²) in [4.78, 5) is 14.0. The first-order chi connectivity index (χ1) is 9.22. The van der Waals surface area contributed by atoms with E-state index in [9.17, 15) is 4.79 Å². The van der Waals surface area contributed by atoms with Gasteiger partial charge in [0.05, 0.1) is 6.61 Å². The summed E-state index contributed by atoms with van der Waals surface area (Å²) in [6.45, 7) is 3.17. The van der Waals surface area contributed by atoms with Crippen molar-refractivity contribution in [1.82, 2.24) is 4.90 Å². The molecule has 1 heterocycles. The smallest absolute Gasteiger partial charge is 0.323 e. The van der Waals surface area contributed by atoms with Gasteiger partial charge in [0.2, 0.25) is 0 Å².